The van der Waals surface area contributed by atoms with Crippen molar-refractivity contribution >= 4 is 16.0 Å². The van der Waals surface area contributed by atoms with Crippen molar-refractivity contribution in [3.05, 3.63) is 29.6 Å². The molecule has 0 unspecified atom stereocenters. The average Bonchev–Trinajstić information content (AvgIpc) is 2.76. The lowest BCUT2D eigenvalue weighted by molar-refractivity contribution is -0.144. The highest BCUT2D eigenvalue weighted by molar-refractivity contribution is 7.89. The second kappa shape index (κ2) is 8.04. The van der Waals surface area contributed by atoms with Crippen LogP contribution in [0.15, 0.2) is 23.1 Å². The van der Waals surface area contributed by atoms with E-state index in [9.17, 15) is 17.6 Å². The van der Waals surface area contributed by atoms with Gasteiger partial charge in [0, 0.05) is 26.2 Å². The molecule has 0 aromatic heterocycles. The first-order valence-electron chi connectivity index (χ1n) is 7.99. The zero-order valence-electron chi connectivity index (χ0n) is 14.0. The van der Waals surface area contributed by atoms with Crippen LogP contribution in [0, 0.1) is 12.7 Å². The summed E-state index contributed by atoms with van der Waals surface area (Å²) >= 11 is 0. The van der Waals surface area contributed by atoms with E-state index in [1.54, 1.807) is 6.92 Å². The molecule has 134 valence electrons. The van der Waals surface area contributed by atoms with Crippen molar-refractivity contribution in [2.75, 3.05) is 39.3 Å². The number of ether oxygens (including phenoxy) is 1. The standard InChI is InChI=1S/C16H23FN2O4S/c1-3-23-16(20)12-18-7-4-8-19(10-9-18)24(21,22)14-5-6-15(17)13(2)11-14/h5-6,11H,3-4,7-10,12H2,1-2H3. The van der Waals surface area contributed by atoms with E-state index in [0.717, 1.165) is 0 Å². The minimum atomic E-state index is -3.66. The maximum Gasteiger partial charge on any atom is 0.320 e. The molecule has 0 atom stereocenters. The Labute approximate surface area is 142 Å². The van der Waals surface area contributed by atoms with Gasteiger partial charge in [0.2, 0.25) is 10.0 Å². The molecule has 1 aromatic carbocycles. The zero-order valence-corrected chi connectivity index (χ0v) is 14.8. The van der Waals surface area contributed by atoms with Gasteiger partial charge in [-0.1, -0.05) is 0 Å². The first-order valence-corrected chi connectivity index (χ1v) is 9.43. The third-order valence-electron chi connectivity index (χ3n) is 3.97. The molecule has 1 aromatic rings. The van der Waals surface area contributed by atoms with Crippen LogP contribution >= 0.6 is 0 Å². The molecular weight excluding hydrogens is 335 g/mol. The Balaban J connectivity index is 2.06. The van der Waals surface area contributed by atoms with Crippen LogP contribution in [0.5, 0.6) is 0 Å². The Kier molecular flexibility index (Phi) is 6.31. The molecule has 2 rings (SSSR count). The minimum Gasteiger partial charge on any atom is -0.465 e. The molecule has 0 aliphatic carbocycles. The fourth-order valence-electron chi connectivity index (χ4n) is 2.66. The van der Waals surface area contributed by atoms with Crippen LogP contribution in [-0.4, -0.2) is 62.9 Å². The highest BCUT2D eigenvalue weighted by Crippen LogP contribution is 2.20. The maximum absolute atomic E-state index is 13.4. The first-order chi connectivity index (χ1) is 11.3. The van der Waals surface area contributed by atoms with Crippen LogP contribution in [0.3, 0.4) is 0 Å². The predicted octanol–water partition coefficient (Wildman–Crippen LogP) is 1.39. The second-order valence-electron chi connectivity index (χ2n) is 5.75. The van der Waals surface area contributed by atoms with E-state index in [2.05, 4.69) is 0 Å². The number of benzene rings is 1. The molecule has 0 saturated carbocycles. The van der Waals surface area contributed by atoms with E-state index in [1.165, 1.54) is 29.4 Å². The van der Waals surface area contributed by atoms with Crippen molar-refractivity contribution in [3.63, 3.8) is 0 Å². The summed E-state index contributed by atoms with van der Waals surface area (Å²) in [6.45, 7) is 5.54. The number of rotatable bonds is 5. The second-order valence-corrected chi connectivity index (χ2v) is 7.69. The van der Waals surface area contributed by atoms with E-state index in [1.807, 2.05) is 4.90 Å². The number of halogens is 1. The Morgan fingerprint density at radius 2 is 2.00 bits per heavy atom. The lowest BCUT2D eigenvalue weighted by Crippen LogP contribution is -2.37. The first kappa shape index (κ1) is 18.8. The summed E-state index contributed by atoms with van der Waals surface area (Å²) < 4.78 is 45.1. The number of aryl methyl sites for hydroxylation is 1. The molecule has 1 saturated heterocycles. The fraction of sp³-hybridized carbons (Fsp3) is 0.562. The van der Waals surface area contributed by atoms with Gasteiger partial charge in [-0.3, -0.25) is 9.69 Å². The van der Waals surface area contributed by atoms with E-state index in [0.29, 0.717) is 38.2 Å². The van der Waals surface area contributed by atoms with Gasteiger partial charge in [0.25, 0.3) is 0 Å². The number of hydrogen-bond donors (Lipinski definition) is 0. The van der Waals surface area contributed by atoms with Gasteiger partial charge in [-0.05, 0) is 44.0 Å². The number of hydrogen-bond acceptors (Lipinski definition) is 5. The fourth-order valence-corrected chi connectivity index (χ4v) is 4.22. The largest absolute Gasteiger partial charge is 0.465 e. The van der Waals surface area contributed by atoms with Crippen molar-refractivity contribution in [2.24, 2.45) is 0 Å². The van der Waals surface area contributed by atoms with Gasteiger partial charge >= 0.3 is 5.97 Å². The van der Waals surface area contributed by atoms with Crippen molar-refractivity contribution < 1.29 is 22.3 Å². The van der Waals surface area contributed by atoms with Gasteiger partial charge in [0.15, 0.2) is 0 Å². The summed E-state index contributed by atoms with van der Waals surface area (Å²) in [5.74, 6) is -0.728. The number of carbonyl (C=O) groups excluding carboxylic acids is 1. The quantitative estimate of drug-likeness (QED) is 0.744. The summed E-state index contributed by atoms with van der Waals surface area (Å²) in [6.07, 6.45) is 0.624. The molecule has 0 bridgehead atoms. The molecule has 0 amide bonds. The predicted molar refractivity (Wildman–Crippen MR) is 87.6 cm³/mol. The van der Waals surface area contributed by atoms with Crippen molar-refractivity contribution in [3.8, 4) is 0 Å². The Morgan fingerprint density at radius 1 is 1.25 bits per heavy atom. The van der Waals surface area contributed by atoms with Gasteiger partial charge in [-0.2, -0.15) is 4.31 Å². The lowest BCUT2D eigenvalue weighted by atomic mass is 10.2. The van der Waals surface area contributed by atoms with Crippen molar-refractivity contribution in [2.45, 2.75) is 25.2 Å². The summed E-state index contributed by atoms with van der Waals surface area (Å²) in [5, 5.41) is 0. The molecular formula is C16H23FN2O4S. The van der Waals surface area contributed by atoms with Crippen molar-refractivity contribution in [1.29, 1.82) is 0 Å². The molecule has 0 radical (unpaired) electrons. The summed E-state index contributed by atoms with van der Waals surface area (Å²) in [5.41, 5.74) is 0.301. The third kappa shape index (κ3) is 4.52. The molecule has 6 nitrogen and oxygen atoms in total. The highest BCUT2D eigenvalue weighted by Gasteiger charge is 2.27. The van der Waals surface area contributed by atoms with Crippen LogP contribution in [0.25, 0.3) is 0 Å². The number of esters is 1. The Bertz CT molecular complexity index is 693. The number of sulfonamides is 1. The topological polar surface area (TPSA) is 66.9 Å². The van der Waals surface area contributed by atoms with Crippen LogP contribution in [0.4, 0.5) is 4.39 Å². The average molecular weight is 358 g/mol. The van der Waals surface area contributed by atoms with Crippen molar-refractivity contribution in [1.82, 2.24) is 9.21 Å². The monoisotopic (exact) mass is 358 g/mol. The normalized spacial score (nSPS) is 17.5. The SMILES string of the molecule is CCOC(=O)CN1CCCN(S(=O)(=O)c2ccc(F)c(C)c2)CC1. The Hall–Kier alpha value is -1.51. The number of nitrogens with zero attached hydrogens (tertiary/aromatic N) is 2. The van der Waals surface area contributed by atoms with Gasteiger partial charge in [0.1, 0.15) is 5.82 Å². The lowest BCUT2D eigenvalue weighted by Gasteiger charge is -2.21. The third-order valence-corrected chi connectivity index (χ3v) is 5.87. The van der Waals surface area contributed by atoms with Gasteiger partial charge in [-0.25, -0.2) is 12.8 Å². The molecule has 1 aliphatic rings. The van der Waals surface area contributed by atoms with Gasteiger partial charge < -0.3 is 4.74 Å². The van der Waals surface area contributed by atoms with Crippen LogP contribution < -0.4 is 0 Å². The molecule has 0 spiro atoms. The Morgan fingerprint density at radius 3 is 2.67 bits per heavy atom. The summed E-state index contributed by atoms with van der Waals surface area (Å²) in [7, 11) is -3.66. The molecule has 8 heteroatoms. The molecule has 1 fully saturated rings. The highest BCUT2D eigenvalue weighted by atomic mass is 32.2. The number of carbonyl (C=O) groups is 1. The van der Waals surface area contributed by atoms with E-state index in [4.69, 9.17) is 4.74 Å². The molecule has 24 heavy (non-hydrogen) atoms. The zero-order chi connectivity index (χ0) is 17.7. The molecule has 0 N–H and O–H groups in total. The summed E-state index contributed by atoms with van der Waals surface area (Å²) in [6, 6.07) is 3.82. The molecule has 1 aliphatic heterocycles. The smallest absolute Gasteiger partial charge is 0.320 e. The van der Waals surface area contributed by atoms with E-state index >= 15 is 0 Å². The van der Waals surface area contributed by atoms with Crippen LogP contribution in [0.2, 0.25) is 0 Å². The molecule has 1 heterocycles. The van der Waals surface area contributed by atoms with E-state index in [-0.39, 0.29) is 24.0 Å². The maximum atomic E-state index is 13.4. The van der Waals surface area contributed by atoms with Crippen LogP contribution in [0.1, 0.15) is 18.9 Å². The summed E-state index contributed by atoms with van der Waals surface area (Å²) in [4.78, 5) is 13.6. The van der Waals surface area contributed by atoms with Gasteiger partial charge in [0.05, 0.1) is 18.0 Å². The van der Waals surface area contributed by atoms with Crippen LogP contribution in [-0.2, 0) is 19.6 Å². The van der Waals surface area contributed by atoms with E-state index < -0.39 is 15.8 Å². The minimum absolute atomic E-state index is 0.0974. The van der Waals surface area contributed by atoms with Gasteiger partial charge in [-0.15, -0.1) is 0 Å².